The van der Waals surface area contributed by atoms with Crippen LogP contribution in [0.1, 0.15) is 39.0 Å². The van der Waals surface area contributed by atoms with Gasteiger partial charge in [0.25, 0.3) is 0 Å². The first kappa shape index (κ1) is 21.2. The summed E-state index contributed by atoms with van der Waals surface area (Å²) in [5, 5.41) is 14.7. The van der Waals surface area contributed by atoms with Crippen LogP contribution in [0.25, 0.3) is 0 Å². The molecule has 0 spiro atoms. The second kappa shape index (κ2) is 9.69. The van der Waals surface area contributed by atoms with Crippen molar-refractivity contribution in [3.63, 3.8) is 0 Å². The number of carboxylic acid groups (broad SMARTS) is 1. The smallest absolute Gasteiger partial charge is 0.315 e. The van der Waals surface area contributed by atoms with Crippen molar-refractivity contribution in [2.75, 3.05) is 6.54 Å². The number of carbonyl (C=O) groups excluding carboxylic acids is 2. The fraction of sp³-hybridized carbons (Fsp3) is 0.318. The zero-order chi connectivity index (χ0) is 20.7. The third kappa shape index (κ3) is 5.94. The van der Waals surface area contributed by atoms with Gasteiger partial charge < -0.3 is 15.7 Å². The van der Waals surface area contributed by atoms with E-state index < -0.39 is 17.9 Å². The Morgan fingerprint density at radius 3 is 2.14 bits per heavy atom. The van der Waals surface area contributed by atoms with Crippen LogP contribution < -0.4 is 10.6 Å². The maximum absolute atomic E-state index is 12.7. The van der Waals surface area contributed by atoms with Gasteiger partial charge in [-0.3, -0.25) is 9.59 Å². The molecule has 28 heavy (non-hydrogen) atoms. The molecule has 0 aliphatic rings. The minimum Gasteiger partial charge on any atom is -0.481 e. The predicted molar refractivity (Wildman–Crippen MR) is 107 cm³/mol. The SMILES string of the molecule is Cc1cc(C)c(C(=O)C[C@@H](CNC(=O)NCc2ccccc2)C(=O)O)c(C)c1. The molecule has 2 amide bonds. The highest BCUT2D eigenvalue weighted by Crippen LogP contribution is 2.20. The molecule has 0 aromatic heterocycles. The van der Waals surface area contributed by atoms with E-state index in [-0.39, 0.29) is 18.7 Å². The third-order valence-electron chi connectivity index (χ3n) is 4.54. The number of benzene rings is 2. The highest BCUT2D eigenvalue weighted by molar-refractivity contribution is 6.00. The molecule has 0 radical (unpaired) electrons. The lowest BCUT2D eigenvalue weighted by molar-refractivity contribution is -0.141. The summed E-state index contributed by atoms with van der Waals surface area (Å²) in [7, 11) is 0. The van der Waals surface area contributed by atoms with Crippen LogP contribution in [-0.2, 0) is 11.3 Å². The van der Waals surface area contributed by atoms with Crippen LogP contribution in [-0.4, -0.2) is 29.4 Å². The van der Waals surface area contributed by atoms with Gasteiger partial charge in [0, 0.05) is 25.1 Å². The Balaban J connectivity index is 1.93. The van der Waals surface area contributed by atoms with Gasteiger partial charge in [0.05, 0.1) is 5.92 Å². The fourth-order valence-electron chi connectivity index (χ4n) is 3.25. The van der Waals surface area contributed by atoms with Crippen LogP contribution in [0.2, 0.25) is 0 Å². The zero-order valence-electron chi connectivity index (χ0n) is 16.4. The second-order valence-electron chi connectivity index (χ2n) is 6.99. The van der Waals surface area contributed by atoms with Crippen molar-refractivity contribution in [1.29, 1.82) is 0 Å². The monoisotopic (exact) mass is 382 g/mol. The molecule has 2 aromatic rings. The molecular weight excluding hydrogens is 356 g/mol. The molecule has 1 atom stereocenters. The number of ketones is 1. The first-order chi connectivity index (χ1) is 13.3. The highest BCUT2D eigenvalue weighted by atomic mass is 16.4. The number of aliphatic carboxylic acids is 1. The van der Waals surface area contributed by atoms with Crippen LogP contribution in [0.5, 0.6) is 0 Å². The minimum absolute atomic E-state index is 0.119. The number of nitrogens with one attached hydrogen (secondary N) is 2. The Bertz CT molecular complexity index is 839. The first-order valence-corrected chi connectivity index (χ1v) is 9.17. The number of carboxylic acids is 1. The summed E-state index contributed by atoms with van der Waals surface area (Å²) in [5.41, 5.74) is 4.22. The van der Waals surface area contributed by atoms with Gasteiger partial charge in [-0.05, 0) is 37.5 Å². The lowest BCUT2D eigenvalue weighted by Gasteiger charge is -2.16. The molecule has 0 saturated heterocycles. The van der Waals surface area contributed by atoms with E-state index in [2.05, 4.69) is 10.6 Å². The topological polar surface area (TPSA) is 95.5 Å². The molecule has 0 aliphatic heterocycles. The van der Waals surface area contributed by atoms with Gasteiger partial charge in [0.1, 0.15) is 0 Å². The Hall–Kier alpha value is -3.15. The average Bonchev–Trinajstić information content (AvgIpc) is 2.63. The van der Waals surface area contributed by atoms with E-state index in [1.807, 2.05) is 63.2 Å². The lowest BCUT2D eigenvalue weighted by Crippen LogP contribution is -2.40. The number of rotatable bonds is 8. The second-order valence-corrected chi connectivity index (χ2v) is 6.99. The van der Waals surface area contributed by atoms with Crippen molar-refractivity contribution in [1.82, 2.24) is 10.6 Å². The van der Waals surface area contributed by atoms with Crippen molar-refractivity contribution in [2.24, 2.45) is 5.92 Å². The van der Waals surface area contributed by atoms with Crippen molar-refractivity contribution in [3.8, 4) is 0 Å². The van der Waals surface area contributed by atoms with E-state index in [9.17, 15) is 19.5 Å². The Labute approximate surface area is 165 Å². The Morgan fingerprint density at radius 1 is 0.964 bits per heavy atom. The van der Waals surface area contributed by atoms with Crippen molar-refractivity contribution in [2.45, 2.75) is 33.7 Å². The predicted octanol–water partition coefficient (Wildman–Crippen LogP) is 3.38. The van der Waals surface area contributed by atoms with Crippen LogP contribution >= 0.6 is 0 Å². The molecule has 6 nitrogen and oxygen atoms in total. The zero-order valence-corrected chi connectivity index (χ0v) is 16.4. The van der Waals surface area contributed by atoms with Crippen LogP contribution in [0.15, 0.2) is 42.5 Å². The van der Waals surface area contributed by atoms with Crippen molar-refractivity contribution >= 4 is 17.8 Å². The van der Waals surface area contributed by atoms with E-state index in [1.54, 1.807) is 0 Å². The molecule has 0 fully saturated rings. The number of aryl methyl sites for hydroxylation is 3. The van der Waals surface area contributed by atoms with Gasteiger partial charge in [-0.25, -0.2) is 4.79 Å². The summed E-state index contributed by atoms with van der Waals surface area (Å²) in [6.07, 6.45) is -0.168. The van der Waals surface area contributed by atoms with Gasteiger partial charge >= 0.3 is 12.0 Å². The van der Waals surface area contributed by atoms with Gasteiger partial charge in [-0.1, -0.05) is 48.0 Å². The van der Waals surface area contributed by atoms with Crippen LogP contribution in [0.4, 0.5) is 4.79 Å². The largest absolute Gasteiger partial charge is 0.481 e. The Kier molecular flexibility index (Phi) is 7.32. The van der Waals surface area contributed by atoms with Gasteiger partial charge in [0.2, 0.25) is 0 Å². The molecule has 3 N–H and O–H groups in total. The number of carbonyl (C=O) groups is 3. The lowest BCUT2D eigenvalue weighted by atomic mass is 9.91. The highest BCUT2D eigenvalue weighted by Gasteiger charge is 2.24. The fourth-order valence-corrected chi connectivity index (χ4v) is 3.25. The summed E-state index contributed by atoms with van der Waals surface area (Å²) >= 11 is 0. The minimum atomic E-state index is -1.11. The van der Waals surface area contributed by atoms with Crippen LogP contribution in [0, 0.1) is 26.7 Å². The molecule has 0 aliphatic carbocycles. The summed E-state index contributed by atoms with van der Waals surface area (Å²) in [5.74, 6) is -2.33. The van der Waals surface area contributed by atoms with E-state index >= 15 is 0 Å². The molecule has 0 saturated carbocycles. The maximum Gasteiger partial charge on any atom is 0.315 e. The van der Waals surface area contributed by atoms with Crippen molar-refractivity contribution < 1.29 is 19.5 Å². The van der Waals surface area contributed by atoms with Gasteiger partial charge in [-0.15, -0.1) is 0 Å². The van der Waals surface area contributed by atoms with Crippen LogP contribution in [0.3, 0.4) is 0 Å². The number of hydrogen-bond acceptors (Lipinski definition) is 3. The molecule has 2 rings (SSSR count). The Morgan fingerprint density at radius 2 is 1.57 bits per heavy atom. The number of Topliss-reactive ketones (excluding diaryl/α,β-unsaturated/α-hetero) is 1. The molecule has 0 heterocycles. The molecule has 0 unspecified atom stereocenters. The summed E-state index contributed by atoms with van der Waals surface area (Å²) < 4.78 is 0. The summed E-state index contributed by atoms with van der Waals surface area (Å²) in [4.78, 5) is 36.2. The maximum atomic E-state index is 12.7. The standard InChI is InChI=1S/C22H26N2O4/c1-14-9-15(2)20(16(3)10-14)19(25)11-18(21(26)27)13-24-22(28)23-12-17-7-5-4-6-8-17/h4-10,18H,11-13H2,1-3H3,(H,26,27)(H2,23,24,28)/t18-/m0/s1. The number of urea groups is 1. The van der Waals surface area contributed by atoms with Crippen molar-refractivity contribution in [3.05, 3.63) is 70.3 Å². The quantitative estimate of drug-likeness (QED) is 0.610. The molecule has 2 aromatic carbocycles. The summed E-state index contributed by atoms with van der Waals surface area (Å²) in [6, 6.07) is 12.7. The van der Waals surface area contributed by atoms with E-state index in [4.69, 9.17) is 0 Å². The molecule has 148 valence electrons. The van der Waals surface area contributed by atoms with E-state index in [0.29, 0.717) is 12.1 Å². The molecule has 6 heteroatoms. The third-order valence-corrected chi connectivity index (χ3v) is 4.54. The molecule has 0 bridgehead atoms. The number of hydrogen-bond donors (Lipinski definition) is 3. The molecular formula is C22H26N2O4. The number of amides is 2. The van der Waals surface area contributed by atoms with Gasteiger partial charge in [0.15, 0.2) is 5.78 Å². The van der Waals surface area contributed by atoms with Gasteiger partial charge in [-0.2, -0.15) is 0 Å². The van der Waals surface area contributed by atoms with E-state index in [0.717, 1.165) is 22.3 Å². The first-order valence-electron chi connectivity index (χ1n) is 9.17. The van der Waals surface area contributed by atoms with E-state index in [1.165, 1.54) is 0 Å². The summed E-state index contributed by atoms with van der Waals surface area (Å²) in [6.45, 7) is 5.86. The average molecular weight is 382 g/mol. The normalized spacial score (nSPS) is 11.5.